The van der Waals surface area contributed by atoms with E-state index in [0.717, 1.165) is 30.3 Å². The number of pyridine rings is 1. The molecule has 1 aromatic heterocycles. The van der Waals surface area contributed by atoms with Gasteiger partial charge < -0.3 is 11.1 Å². The van der Waals surface area contributed by atoms with Crippen LogP contribution in [-0.2, 0) is 4.79 Å². The first-order chi connectivity index (χ1) is 8.57. The molecule has 1 heterocycles. The molecule has 1 amide bonds. The van der Waals surface area contributed by atoms with Crippen molar-refractivity contribution in [1.82, 2.24) is 4.98 Å². The molecule has 4 nitrogen and oxygen atoms in total. The van der Waals surface area contributed by atoms with Crippen molar-refractivity contribution >= 4 is 27.5 Å². The maximum Gasteiger partial charge on any atom is 0.226 e. The molecule has 0 aliphatic heterocycles. The molecule has 1 saturated carbocycles. The van der Waals surface area contributed by atoms with Gasteiger partial charge in [0.25, 0.3) is 0 Å². The average molecular weight is 312 g/mol. The van der Waals surface area contributed by atoms with Crippen molar-refractivity contribution in [3.8, 4) is 0 Å². The van der Waals surface area contributed by atoms with Crippen LogP contribution in [0.3, 0.4) is 0 Å². The highest BCUT2D eigenvalue weighted by molar-refractivity contribution is 9.10. The molecule has 0 saturated heterocycles. The van der Waals surface area contributed by atoms with E-state index in [1.807, 2.05) is 6.07 Å². The Hall–Kier alpha value is -0.940. The molecular weight excluding hydrogens is 294 g/mol. The van der Waals surface area contributed by atoms with Crippen molar-refractivity contribution < 1.29 is 4.79 Å². The number of carbonyl (C=O) groups excluding carboxylic acids is 1. The van der Waals surface area contributed by atoms with Crippen molar-refractivity contribution in [2.75, 3.05) is 5.32 Å². The molecule has 98 valence electrons. The Morgan fingerprint density at radius 2 is 2.11 bits per heavy atom. The number of hydrogen-bond donors (Lipinski definition) is 2. The standard InChI is InChI=1S/C13H18BrN3O/c14-11-5-4-10(9-16-11)17-12(18)8-13(15)6-2-1-3-7-13/h4-5,9H,1-3,6-8,15H2,(H,17,18). The number of aromatic nitrogens is 1. The molecule has 1 aromatic rings. The van der Waals surface area contributed by atoms with Crippen molar-refractivity contribution in [3.63, 3.8) is 0 Å². The number of nitrogens with two attached hydrogens (primary N) is 1. The highest BCUT2D eigenvalue weighted by Crippen LogP contribution is 2.28. The summed E-state index contributed by atoms with van der Waals surface area (Å²) in [5.74, 6) is -0.0245. The van der Waals surface area contributed by atoms with Gasteiger partial charge >= 0.3 is 0 Å². The van der Waals surface area contributed by atoms with E-state index in [9.17, 15) is 4.79 Å². The molecule has 0 spiro atoms. The third-order valence-electron chi connectivity index (χ3n) is 3.37. The minimum Gasteiger partial charge on any atom is -0.325 e. The van der Waals surface area contributed by atoms with Gasteiger partial charge in [0.05, 0.1) is 11.9 Å². The third-order valence-corrected chi connectivity index (χ3v) is 3.84. The van der Waals surface area contributed by atoms with Crippen LogP contribution in [0, 0.1) is 0 Å². The van der Waals surface area contributed by atoms with Crippen LogP contribution in [0.4, 0.5) is 5.69 Å². The summed E-state index contributed by atoms with van der Waals surface area (Å²) >= 11 is 3.26. The molecule has 18 heavy (non-hydrogen) atoms. The van der Waals surface area contributed by atoms with Gasteiger partial charge in [-0.3, -0.25) is 4.79 Å². The van der Waals surface area contributed by atoms with E-state index >= 15 is 0 Å². The number of nitrogens with zero attached hydrogens (tertiary/aromatic N) is 1. The third kappa shape index (κ3) is 3.78. The summed E-state index contributed by atoms with van der Waals surface area (Å²) in [6.07, 6.45) is 7.40. The summed E-state index contributed by atoms with van der Waals surface area (Å²) < 4.78 is 0.753. The zero-order valence-corrected chi connectivity index (χ0v) is 11.9. The fraction of sp³-hybridized carbons (Fsp3) is 0.538. The lowest BCUT2D eigenvalue weighted by Gasteiger charge is -2.32. The summed E-state index contributed by atoms with van der Waals surface area (Å²) in [4.78, 5) is 16.0. The van der Waals surface area contributed by atoms with Gasteiger partial charge in [-0.25, -0.2) is 4.98 Å². The summed E-state index contributed by atoms with van der Waals surface area (Å²) in [6.45, 7) is 0. The molecule has 3 N–H and O–H groups in total. The Labute approximate surface area is 115 Å². The largest absolute Gasteiger partial charge is 0.325 e. The number of rotatable bonds is 3. The lowest BCUT2D eigenvalue weighted by molar-refractivity contribution is -0.117. The second-order valence-electron chi connectivity index (χ2n) is 5.02. The van der Waals surface area contributed by atoms with Gasteiger partial charge in [-0.15, -0.1) is 0 Å². The summed E-state index contributed by atoms with van der Waals surface area (Å²) in [5.41, 5.74) is 6.65. The van der Waals surface area contributed by atoms with E-state index < -0.39 is 0 Å². The predicted octanol–water partition coefficient (Wildman–Crippen LogP) is 2.83. The van der Waals surface area contributed by atoms with Crippen LogP contribution in [-0.4, -0.2) is 16.4 Å². The van der Waals surface area contributed by atoms with Gasteiger partial charge in [-0.2, -0.15) is 0 Å². The number of nitrogens with one attached hydrogen (secondary N) is 1. The van der Waals surface area contributed by atoms with Crippen LogP contribution in [0.1, 0.15) is 38.5 Å². The van der Waals surface area contributed by atoms with Gasteiger partial charge in [-0.1, -0.05) is 19.3 Å². The van der Waals surface area contributed by atoms with Crippen LogP contribution in [0.5, 0.6) is 0 Å². The zero-order valence-electron chi connectivity index (χ0n) is 10.3. The molecular formula is C13H18BrN3O. The van der Waals surface area contributed by atoms with Gasteiger partial charge in [0.1, 0.15) is 4.60 Å². The van der Waals surface area contributed by atoms with E-state index in [1.165, 1.54) is 6.42 Å². The quantitative estimate of drug-likeness (QED) is 0.843. The maximum atomic E-state index is 11.9. The van der Waals surface area contributed by atoms with Gasteiger partial charge in [0, 0.05) is 12.0 Å². The average Bonchev–Trinajstić information content (AvgIpc) is 2.32. The second-order valence-corrected chi connectivity index (χ2v) is 5.83. The fourth-order valence-electron chi connectivity index (χ4n) is 2.41. The molecule has 0 bridgehead atoms. The minimum absolute atomic E-state index is 0.0245. The van der Waals surface area contributed by atoms with Crippen molar-refractivity contribution in [1.29, 1.82) is 0 Å². The number of carbonyl (C=O) groups is 1. The van der Waals surface area contributed by atoms with Gasteiger partial charge in [0.15, 0.2) is 0 Å². The molecule has 1 aliphatic rings. The lowest BCUT2D eigenvalue weighted by Crippen LogP contribution is -2.44. The Morgan fingerprint density at radius 3 is 2.72 bits per heavy atom. The summed E-state index contributed by atoms with van der Waals surface area (Å²) in [5, 5.41) is 2.84. The minimum atomic E-state index is -0.314. The van der Waals surface area contributed by atoms with Gasteiger partial charge in [0.2, 0.25) is 5.91 Å². The van der Waals surface area contributed by atoms with E-state index in [1.54, 1.807) is 12.3 Å². The Morgan fingerprint density at radius 1 is 1.39 bits per heavy atom. The van der Waals surface area contributed by atoms with Gasteiger partial charge in [-0.05, 0) is 40.9 Å². The topological polar surface area (TPSA) is 68.0 Å². The highest BCUT2D eigenvalue weighted by Gasteiger charge is 2.29. The Kier molecular flexibility index (Phi) is 4.35. The summed E-state index contributed by atoms with van der Waals surface area (Å²) in [7, 11) is 0. The monoisotopic (exact) mass is 311 g/mol. The fourth-order valence-corrected chi connectivity index (χ4v) is 2.64. The molecule has 5 heteroatoms. The first-order valence-corrected chi connectivity index (χ1v) is 7.07. The number of hydrogen-bond acceptors (Lipinski definition) is 3. The van der Waals surface area contributed by atoms with Crippen molar-refractivity contribution in [2.24, 2.45) is 5.73 Å². The molecule has 0 unspecified atom stereocenters. The maximum absolute atomic E-state index is 11.9. The molecule has 1 aliphatic carbocycles. The van der Waals surface area contributed by atoms with E-state index in [-0.39, 0.29) is 11.4 Å². The highest BCUT2D eigenvalue weighted by atomic mass is 79.9. The number of anilines is 1. The molecule has 1 fully saturated rings. The van der Waals surface area contributed by atoms with Crippen LogP contribution < -0.4 is 11.1 Å². The predicted molar refractivity (Wildman–Crippen MR) is 75.2 cm³/mol. The van der Waals surface area contributed by atoms with Crippen molar-refractivity contribution in [3.05, 3.63) is 22.9 Å². The Balaban J connectivity index is 1.90. The van der Waals surface area contributed by atoms with Crippen LogP contribution >= 0.6 is 15.9 Å². The first-order valence-electron chi connectivity index (χ1n) is 6.28. The number of amides is 1. The van der Waals surface area contributed by atoms with E-state index in [0.29, 0.717) is 12.1 Å². The lowest BCUT2D eigenvalue weighted by atomic mass is 9.80. The smallest absolute Gasteiger partial charge is 0.226 e. The van der Waals surface area contributed by atoms with Crippen LogP contribution in [0.25, 0.3) is 0 Å². The van der Waals surface area contributed by atoms with E-state index in [4.69, 9.17) is 5.73 Å². The second kappa shape index (κ2) is 5.80. The van der Waals surface area contributed by atoms with Crippen LogP contribution in [0.2, 0.25) is 0 Å². The first kappa shape index (κ1) is 13.5. The Bertz CT molecular complexity index is 413. The summed E-state index contributed by atoms with van der Waals surface area (Å²) in [6, 6.07) is 3.62. The van der Waals surface area contributed by atoms with Crippen molar-refractivity contribution in [2.45, 2.75) is 44.1 Å². The number of halogens is 1. The molecule has 0 aromatic carbocycles. The molecule has 0 atom stereocenters. The van der Waals surface area contributed by atoms with Crippen LogP contribution in [0.15, 0.2) is 22.9 Å². The SMILES string of the molecule is NC1(CC(=O)Nc2ccc(Br)nc2)CCCCC1. The molecule has 0 radical (unpaired) electrons. The molecule has 2 rings (SSSR count). The normalized spacial score (nSPS) is 18.3. The zero-order chi connectivity index (χ0) is 13.0. The van der Waals surface area contributed by atoms with E-state index in [2.05, 4.69) is 26.2 Å².